The van der Waals surface area contributed by atoms with Gasteiger partial charge in [-0.05, 0) is 29.8 Å². The van der Waals surface area contributed by atoms with Gasteiger partial charge in [0.25, 0.3) is 0 Å². The van der Waals surface area contributed by atoms with Gasteiger partial charge in [-0.3, -0.25) is 0 Å². The second kappa shape index (κ2) is 3.32. The lowest BCUT2D eigenvalue weighted by molar-refractivity contribution is 0.282. The molecule has 0 atom stereocenters. The van der Waals surface area contributed by atoms with Gasteiger partial charge in [0, 0.05) is 5.39 Å². The van der Waals surface area contributed by atoms with E-state index in [-0.39, 0.29) is 6.61 Å². The van der Waals surface area contributed by atoms with E-state index < -0.39 is 0 Å². The van der Waals surface area contributed by atoms with Crippen molar-refractivity contribution in [3.63, 3.8) is 0 Å². The number of fused-ring (bicyclic) bond motifs is 1. The summed E-state index contributed by atoms with van der Waals surface area (Å²) in [5, 5.41) is 10.4. The van der Waals surface area contributed by atoms with Crippen LogP contribution >= 0.6 is 11.6 Å². The Labute approximate surface area is 80.8 Å². The van der Waals surface area contributed by atoms with Crippen LogP contribution in [0.5, 0.6) is 0 Å². The third-order valence-electron chi connectivity index (χ3n) is 1.90. The second-order valence-corrected chi connectivity index (χ2v) is 3.21. The minimum Gasteiger partial charge on any atom is -0.392 e. The molecule has 1 aromatic heterocycles. The number of aliphatic hydroxyl groups excluding tert-OH is 1. The number of halogens is 1. The molecule has 2 nitrogen and oxygen atoms in total. The van der Waals surface area contributed by atoms with Crippen LogP contribution in [0.3, 0.4) is 0 Å². The highest BCUT2D eigenvalue weighted by Gasteiger charge is 1.97. The number of hydrogen-bond acceptors (Lipinski definition) is 2. The molecule has 0 spiro atoms. The van der Waals surface area contributed by atoms with Crippen molar-refractivity contribution < 1.29 is 5.11 Å². The molecule has 0 unspecified atom stereocenters. The highest BCUT2D eigenvalue weighted by atomic mass is 35.5. The summed E-state index contributed by atoms with van der Waals surface area (Å²) < 4.78 is 0. The lowest BCUT2D eigenvalue weighted by atomic mass is 10.1. The average Bonchev–Trinajstić information content (AvgIpc) is 2.17. The van der Waals surface area contributed by atoms with Gasteiger partial charge in [0.05, 0.1) is 12.1 Å². The third-order valence-corrected chi connectivity index (χ3v) is 2.11. The van der Waals surface area contributed by atoms with Crippen LogP contribution in [0.2, 0.25) is 5.15 Å². The number of nitrogens with zero attached hydrogens (tertiary/aromatic N) is 1. The summed E-state index contributed by atoms with van der Waals surface area (Å²) in [5.41, 5.74) is 1.74. The SMILES string of the molecule is OCc1ccc2nc(Cl)ccc2c1. The average molecular weight is 194 g/mol. The second-order valence-electron chi connectivity index (χ2n) is 2.82. The molecule has 0 radical (unpaired) electrons. The topological polar surface area (TPSA) is 33.1 Å². The molecule has 0 fully saturated rings. The van der Waals surface area contributed by atoms with Crippen LogP contribution in [-0.2, 0) is 6.61 Å². The summed E-state index contributed by atoms with van der Waals surface area (Å²) in [4.78, 5) is 4.13. The predicted molar refractivity (Wildman–Crippen MR) is 52.7 cm³/mol. The Balaban J connectivity index is 2.66. The van der Waals surface area contributed by atoms with Crippen molar-refractivity contribution in [2.75, 3.05) is 0 Å². The zero-order valence-electron chi connectivity index (χ0n) is 6.87. The number of aromatic nitrogens is 1. The summed E-state index contributed by atoms with van der Waals surface area (Å²) in [5.74, 6) is 0. The largest absolute Gasteiger partial charge is 0.392 e. The van der Waals surface area contributed by atoms with E-state index >= 15 is 0 Å². The molecule has 1 N–H and O–H groups in total. The van der Waals surface area contributed by atoms with E-state index in [2.05, 4.69) is 4.98 Å². The predicted octanol–water partition coefficient (Wildman–Crippen LogP) is 2.38. The van der Waals surface area contributed by atoms with E-state index in [0.717, 1.165) is 16.5 Å². The first-order chi connectivity index (χ1) is 6.29. The molecule has 2 rings (SSSR count). The fourth-order valence-corrected chi connectivity index (χ4v) is 1.40. The van der Waals surface area contributed by atoms with Crippen LogP contribution in [0.4, 0.5) is 0 Å². The Morgan fingerprint density at radius 3 is 2.85 bits per heavy atom. The Hall–Kier alpha value is -1.12. The van der Waals surface area contributed by atoms with Crippen molar-refractivity contribution in [3.05, 3.63) is 41.0 Å². The Kier molecular flexibility index (Phi) is 2.17. The molecule has 1 heterocycles. The number of hydrogen-bond donors (Lipinski definition) is 1. The van der Waals surface area contributed by atoms with E-state index in [0.29, 0.717) is 5.15 Å². The van der Waals surface area contributed by atoms with Gasteiger partial charge < -0.3 is 5.11 Å². The molecule has 66 valence electrons. The van der Waals surface area contributed by atoms with Gasteiger partial charge in [0.2, 0.25) is 0 Å². The quantitative estimate of drug-likeness (QED) is 0.706. The highest BCUT2D eigenvalue weighted by Crippen LogP contribution is 2.16. The number of pyridine rings is 1. The van der Waals surface area contributed by atoms with Crippen LogP contribution in [0.25, 0.3) is 10.9 Å². The molecule has 2 aromatic rings. The first kappa shape index (κ1) is 8.48. The van der Waals surface area contributed by atoms with Crippen LogP contribution < -0.4 is 0 Å². The molecular formula is C10H8ClNO. The van der Waals surface area contributed by atoms with E-state index in [1.807, 2.05) is 24.3 Å². The molecule has 0 amide bonds. The van der Waals surface area contributed by atoms with Gasteiger partial charge in [-0.1, -0.05) is 17.7 Å². The fourth-order valence-electron chi connectivity index (χ4n) is 1.25. The maximum Gasteiger partial charge on any atom is 0.129 e. The van der Waals surface area contributed by atoms with Crippen molar-refractivity contribution in [1.82, 2.24) is 4.98 Å². The zero-order valence-corrected chi connectivity index (χ0v) is 7.62. The third kappa shape index (κ3) is 1.64. The molecule has 0 aliphatic carbocycles. The van der Waals surface area contributed by atoms with Crippen LogP contribution in [0, 0.1) is 0 Å². The van der Waals surface area contributed by atoms with E-state index in [9.17, 15) is 0 Å². The van der Waals surface area contributed by atoms with Gasteiger partial charge in [-0.25, -0.2) is 4.98 Å². The van der Waals surface area contributed by atoms with E-state index in [1.165, 1.54) is 0 Å². The maximum atomic E-state index is 8.91. The number of aliphatic hydroxyl groups is 1. The molecule has 3 heteroatoms. The van der Waals surface area contributed by atoms with Gasteiger partial charge >= 0.3 is 0 Å². The zero-order chi connectivity index (χ0) is 9.26. The Morgan fingerprint density at radius 1 is 1.23 bits per heavy atom. The minimum absolute atomic E-state index is 0.0541. The lowest BCUT2D eigenvalue weighted by Gasteiger charge is -1.99. The van der Waals surface area contributed by atoms with Gasteiger partial charge in [0.1, 0.15) is 5.15 Å². The molecule has 0 saturated carbocycles. The molecular weight excluding hydrogens is 186 g/mol. The van der Waals surface area contributed by atoms with Gasteiger partial charge in [0.15, 0.2) is 0 Å². The van der Waals surface area contributed by atoms with Gasteiger partial charge in [-0.2, -0.15) is 0 Å². The van der Waals surface area contributed by atoms with E-state index in [4.69, 9.17) is 16.7 Å². The van der Waals surface area contributed by atoms with Crippen molar-refractivity contribution in [3.8, 4) is 0 Å². The number of benzene rings is 1. The van der Waals surface area contributed by atoms with Crippen molar-refractivity contribution in [2.45, 2.75) is 6.61 Å². The smallest absolute Gasteiger partial charge is 0.129 e. The summed E-state index contributed by atoms with van der Waals surface area (Å²) in [6, 6.07) is 9.23. The summed E-state index contributed by atoms with van der Waals surface area (Å²) in [7, 11) is 0. The molecule has 0 aliphatic heterocycles. The first-order valence-corrected chi connectivity index (χ1v) is 4.33. The van der Waals surface area contributed by atoms with E-state index in [1.54, 1.807) is 6.07 Å². The summed E-state index contributed by atoms with van der Waals surface area (Å²) in [6.07, 6.45) is 0. The van der Waals surface area contributed by atoms with Crippen molar-refractivity contribution in [1.29, 1.82) is 0 Å². The summed E-state index contributed by atoms with van der Waals surface area (Å²) >= 11 is 5.73. The fraction of sp³-hybridized carbons (Fsp3) is 0.100. The lowest BCUT2D eigenvalue weighted by Crippen LogP contribution is -1.84. The Morgan fingerprint density at radius 2 is 2.08 bits per heavy atom. The first-order valence-electron chi connectivity index (χ1n) is 3.95. The van der Waals surface area contributed by atoms with Crippen LogP contribution in [-0.4, -0.2) is 10.1 Å². The maximum absolute atomic E-state index is 8.91. The monoisotopic (exact) mass is 193 g/mol. The minimum atomic E-state index is 0.0541. The molecule has 13 heavy (non-hydrogen) atoms. The molecule has 0 aliphatic rings. The van der Waals surface area contributed by atoms with Crippen molar-refractivity contribution in [2.24, 2.45) is 0 Å². The van der Waals surface area contributed by atoms with Crippen LogP contribution in [0.1, 0.15) is 5.56 Å². The Bertz CT molecular complexity index is 442. The number of rotatable bonds is 1. The van der Waals surface area contributed by atoms with Crippen LogP contribution in [0.15, 0.2) is 30.3 Å². The highest BCUT2D eigenvalue weighted by molar-refractivity contribution is 6.29. The molecule has 0 saturated heterocycles. The standard InChI is InChI=1S/C10H8ClNO/c11-10-4-2-8-5-7(6-13)1-3-9(8)12-10/h1-5,13H,6H2. The molecule has 0 bridgehead atoms. The summed E-state index contributed by atoms with van der Waals surface area (Å²) in [6.45, 7) is 0.0541. The normalized spacial score (nSPS) is 10.6. The van der Waals surface area contributed by atoms with Crippen molar-refractivity contribution >= 4 is 22.5 Å². The van der Waals surface area contributed by atoms with Gasteiger partial charge in [-0.15, -0.1) is 0 Å². The molecule has 1 aromatic carbocycles.